The number of hydrogen-bond donors (Lipinski definition) is 0. The molecule has 0 saturated carbocycles. The van der Waals surface area contributed by atoms with E-state index in [-0.39, 0.29) is 16.5 Å². The number of rotatable bonds is 7. The van der Waals surface area contributed by atoms with Gasteiger partial charge >= 0.3 is 5.97 Å². The SMILES string of the molecule is COC(=O)CN(c1ccccc1C(C)C)S(=O)(=O)c1cccc([N+](=O)[O-])c1. The molecule has 2 rings (SSSR count). The van der Waals surface area contributed by atoms with Crippen LogP contribution in [0.3, 0.4) is 0 Å². The van der Waals surface area contributed by atoms with E-state index in [1.807, 2.05) is 13.8 Å². The number of anilines is 1. The van der Waals surface area contributed by atoms with Crippen molar-refractivity contribution in [3.63, 3.8) is 0 Å². The highest BCUT2D eigenvalue weighted by Crippen LogP contribution is 2.32. The number of carbonyl (C=O) groups is 1. The van der Waals surface area contributed by atoms with Crippen LogP contribution in [0.2, 0.25) is 0 Å². The van der Waals surface area contributed by atoms with Crippen LogP contribution in [0.4, 0.5) is 11.4 Å². The van der Waals surface area contributed by atoms with Gasteiger partial charge in [0.2, 0.25) is 0 Å². The maximum atomic E-state index is 13.2. The van der Waals surface area contributed by atoms with Gasteiger partial charge in [-0.25, -0.2) is 8.42 Å². The van der Waals surface area contributed by atoms with Crippen molar-refractivity contribution in [1.29, 1.82) is 0 Å². The van der Waals surface area contributed by atoms with Gasteiger partial charge in [-0.2, -0.15) is 0 Å². The van der Waals surface area contributed by atoms with Crippen LogP contribution in [0.1, 0.15) is 25.3 Å². The van der Waals surface area contributed by atoms with Crippen molar-refractivity contribution in [3.05, 3.63) is 64.2 Å². The van der Waals surface area contributed by atoms with Crippen molar-refractivity contribution >= 4 is 27.4 Å². The Bertz CT molecular complexity index is 956. The molecule has 9 heteroatoms. The number of carbonyl (C=O) groups excluding carboxylic acids is 1. The Labute approximate surface area is 157 Å². The van der Waals surface area contributed by atoms with Gasteiger partial charge in [0.05, 0.1) is 22.6 Å². The zero-order valence-electron chi connectivity index (χ0n) is 15.2. The van der Waals surface area contributed by atoms with Crippen LogP contribution >= 0.6 is 0 Å². The second-order valence-electron chi connectivity index (χ2n) is 6.06. The van der Waals surface area contributed by atoms with Gasteiger partial charge in [-0.15, -0.1) is 0 Å². The zero-order chi connectivity index (χ0) is 20.2. The summed E-state index contributed by atoms with van der Waals surface area (Å²) in [5.41, 5.74) is 0.686. The van der Waals surface area contributed by atoms with Crippen LogP contribution in [-0.4, -0.2) is 33.0 Å². The normalized spacial score (nSPS) is 11.3. The van der Waals surface area contributed by atoms with Gasteiger partial charge in [-0.1, -0.05) is 38.1 Å². The summed E-state index contributed by atoms with van der Waals surface area (Å²) in [5.74, 6) is -0.760. The van der Waals surface area contributed by atoms with E-state index >= 15 is 0 Å². The predicted molar refractivity (Wildman–Crippen MR) is 100 cm³/mol. The fraction of sp³-hybridized carbons (Fsp3) is 0.278. The first-order valence-electron chi connectivity index (χ1n) is 8.11. The number of non-ortho nitro benzene ring substituents is 1. The number of benzene rings is 2. The van der Waals surface area contributed by atoms with Crippen LogP contribution in [0.15, 0.2) is 53.4 Å². The quantitative estimate of drug-likeness (QED) is 0.407. The Hall–Kier alpha value is -2.94. The monoisotopic (exact) mass is 392 g/mol. The van der Waals surface area contributed by atoms with Crippen molar-refractivity contribution in [3.8, 4) is 0 Å². The summed E-state index contributed by atoms with van der Waals surface area (Å²) in [7, 11) is -3.08. The standard InChI is InChI=1S/C18H20N2O6S/c1-13(2)16-9-4-5-10-17(16)19(12-18(21)26-3)27(24,25)15-8-6-7-14(11-15)20(22)23/h4-11,13H,12H2,1-3H3. The number of esters is 1. The van der Waals surface area contributed by atoms with Gasteiger partial charge in [-0.05, 0) is 23.6 Å². The summed E-state index contributed by atoms with van der Waals surface area (Å²) in [6, 6.07) is 11.5. The highest BCUT2D eigenvalue weighted by molar-refractivity contribution is 7.92. The molecule has 0 unspecified atom stereocenters. The van der Waals surface area contributed by atoms with Crippen molar-refractivity contribution in [2.24, 2.45) is 0 Å². The molecule has 0 aromatic heterocycles. The number of sulfonamides is 1. The van der Waals surface area contributed by atoms with Gasteiger partial charge in [0.1, 0.15) is 6.54 Å². The molecule has 0 heterocycles. The molecular formula is C18H20N2O6S. The topological polar surface area (TPSA) is 107 Å². The second kappa shape index (κ2) is 8.17. The molecule has 0 aliphatic heterocycles. The number of hydrogen-bond acceptors (Lipinski definition) is 6. The van der Waals surface area contributed by atoms with E-state index in [0.29, 0.717) is 5.69 Å². The summed E-state index contributed by atoms with van der Waals surface area (Å²) in [5, 5.41) is 11.0. The molecule has 8 nitrogen and oxygen atoms in total. The third-order valence-electron chi connectivity index (χ3n) is 3.94. The first-order chi connectivity index (χ1) is 12.7. The van der Waals surface area contributed by atoms with Crippen molar-refractivity contribution in [1.82, 2.24) is 0 Å². The van der Waals surface area contributed by atoms with Crippen LogP contribution in [0.5, 0.6) is 0 Å². The Kier molecular flexibility index (Phi) is 6.17. The summed E-state index contributed by atoms with van der Waals surface area (Å²) >= 11 is 0. The number of nitrogens with zero attached hydrogens (tertiary/aromatic N) is 2. The number of para-hydroxylation sites is 1. The first-order valence-corrected chi connectivity index (χ1v) is 9.55. The molecule has 0 saturated heterocycles. The van der Waals surface area contributed by atoms with Gasteiger partial charge < -0.3 is 4.74 Å². The number of nitro benzene ring substituents is 1. The third-order valence-corrected chi connectivity index (χ3v) is 5.70. The summed E-state index contributed by atoms with van der Waals surface area (Å²) < 4.78 is 32.0. The molecule has 0 spiro atoms. The minimum absolute atomic E-state index is 0.0124. The molecule has 0 bridgehead atoms. The Morgan fingerprint density at radius 3 is 2.44 bits per heavy atom. The fourth-order valence-electron chi connectivity index (χ4n) is 2.57. The average molecular weight is 392 g/mol. The van der Waals surface area contributed by atoms with E-state index in [9.17, 15) is 23.3 Å². The van der Waals surface area contributed by atoms with Gasteiger partial charge in [0.25, 0.3) is 15.7 Å². The minimum Gasteiger partial charge on any atom is -0.468 e. The molecule has 27 heavy (non-hydrogen) atoms. The van der Waals surface area contributed by atoms with E-state index in [4.69, 9.17) is 0 Å². The average Bonchev–Trinajstić information content (AvgIpc) is 2.65. The molecule has 0 aliphatic carbocycles. The van der Waals surface area contributed by atoms with E-state index in [2.05, 4.69) is 4.74 Å². The van der Waals surface area contributed by atoms with Crippen LogP contribution < -0.4 is 4.31 Å². The predicted octanol–water partition coefficient (Wildman–Crippen LogP) is 3.09. The van der Waals surface area contributed by atoms with Crippen LogP contribution in [0.25, 0.3) is 0 Å². The summed E-state index contributed by atoms with van der Waals surface area (Å²) in [6.07, 6.45) is 0. The fourth-order valence-corrected chi connectivity index (χ4v) is 4.04. The lowest BCUT2D eigenvalue weighted by molar-refractivity contribution is -0.385. The second-order valence-corrected chi connectivity index (χ2v) is 7.92. The van der Waals surface area contributed by atoms with E-state index < -0.39 is 27.5 Å². The van der Waals surface area contributed by atoms with E-state index in [0.717, 1.165) is 23.0 Å². The molecule has 0 aliphatic rings. The molecule has 0 fully saturated rings. The van der Waals surface area contributed by atoms with Gasteiger partial charge in [-0.3, -0.25) is 19.2 Å². The molecule has 0 atom stereocenters. The molecular weight excluding hydrogens is 372 g/mol. The van der Waals surface area contributed by atoms with Gasteiger partial charge in [0.15, 0.2) is 0 Å². The highest BCUT2D eigenvalue weighted by atomic mass is 32.2. The zero-order valence-corrected chi connectivity index (χ0v) is 16.0. The highest BCUT2D eigenvalue weighted by Gasteiger charge is 2.30. The van der Waals surface area contributed by atoms with Crippen molar-refractivity contribution in [2.75, 3.05) is 18.0 Å². The molecule has 144 valence electrons. The Morgan fingerprint density at radius 1 is 1.19 bits per heavy atom. The van der Waals surface area contributed by atoms with Crippen LogP contribution in [0, 0.1) is 10.1 Å². The summed E-state index contributed by atoms with van der Waals surface area (Å²) in [4.78, 5) is 22.0. The Balaban J connectivity index is 2.65. The van der Waals surface area contributed by atoms with E-state index in [1.165, 1.54) is 18.2 Å². The molecule has 0 radical (unpaired) electrons. The lowest BCUT2D eigenvalue weighted by Crippen LogP contribution is -2.37. The summed E-state index contributed by atoms with van der Waals surface area (Å²) in [6.45, 7) is 3.25. The number of ether oxygens (including phenoxy) is 1. The Morgan fingerprint density at radius 2 is 1.85 bits per heavy atom. The van der Waals surface area contributed by atoms with Crippen molar-refractivity contribution in [2.45, 2.75) is 24.7 Å². The maximum Gasteiger partial charge on any atom is 0.326 e. The lowest BCUT2D eigenvalue weighted by Gasteiger charge is -2.26. The minimum atomic E-state index is -4.24. The first kappa shape index (κ1) is 20.4. The lowest BCUT2D eigenvalue weighted by atomic mass is 10.0. The number of methoxy groups -OCH3 is 1. The van der Waals surface area contributed by atoms with Gasteiger partial charge in [0, 0.05) is 12.1 Å². The third kappa shape index (κ3) is 4.43. The molecule has 2 aromatic carbocycles. The maximum absolute atomic E-state index is 13.2. The smallest absolute Gasteiger partial charge is 0.326 e. The number of nitro groups is 1. The molecule has 2 aromatic rings. The largest absolute Gasteiger partial charge is 0.468 e. The molecule has 0 N–H and O–H groups in total. The van der Waals surface area contributed by atoms with Crippen molar-refractivity contribution < 1.29 is 22.9 Å². The van der Waals surface area contributed by atoms with E-state index in [1.54, 1.807) is 24.3 Å². The van der Waals surface area contributed by atoms with Crippen LogP contribution in [-0.2, 0) is 19.6 Å². The molecule has 0 amide bonds.